The Morgan fingerprint density at radius 3 is 2.85 bits per heavy atom. The lowest BCUT2D eigenvalue weighted by molar-refractivity contribution is -0.384. The Balaban J connectivity index is 2.40. The Morgan fingerprint density at radius 1 is 1.45 bits per heavy atom. The van der Waals surface area contributed by atoms with Crippen LogP contribution in [0.3, 0.4) is 0 Å². The van der Waals surface area contributed by atoms with E-state index in [2.05, 4.69) is 4.98 Å². The molecule has 20 heavy (non-hydrogen) atoms. The first-order valence-electron chi connectivity index (χ1n) is 5.81. The number of rotatable bonds is 4. The van der Waals surface area contributed by atoms with Crippen LogP contribution in [0.25, 0.3) is 0 Å². The summed E-state index contributed by atoms with van der Waals surface area (Å²) in [6.45, 7) is 1.79. The van der Waals surface area contributed by atoms with E-state index in [0.717, 1.165) is 0 Å². The lowest BCUT2D eigenvalue weighted by atomic mass is 10.1. The molecule has 1 atom stereocenters. The molecule has 1 aromatic heterocycles. The van der Waals surface area contributed by atoms with E-state index in [1.54, 1.807) is 25.3 Å². The number of nitrogens with two attached hydrogens (primary N) is 1. The number of nitro groups is 1. The number of non-ortho nitro benzene ring substituents is 1. The van der Waals surface area contributed by atoms with Crippen molar-refractivity contribution in [2.75, 3.05) is 0 Å². The minimum Gasteiger partial charge on any atom is -0.437 e. The highest BCUT2D eigenvalue weighted by Crippen LogP contribution is 2.34. The Kier molecular flexibility index (Phi) is 4.16. The molecule has 104 valence electrons. The Morgan fingerprint density at radius 2 is 2.20 bits per heavy atom. The first kappa shape index (κ1) is 14.2. The van der Waals surface area contributed by atoms with E-state index in [0.29, 0.717) is 5.56 Å². The van der Waals surface area contributed by atoms with Gasteiger partial charge in [0.05, 0.1) is 16.0 Å². The van der Waals surface area contributed by atoms with Gasteiger partial charge in [0.1, 0.15) is 0 Å². The SMILES string of the molecule is CC(N)c1cccnc1Oc1cc([N+](=O)[O-])ccc1Cl. The van der Waals surface area contributed by atoms with E-state index in [1.165, 1.54) is 18.2 Å². The number of benzene rings is 1. The fourth-order valence-corrected chi connectivity index (χ4v) is 1.78. The molecule has 0 spiro atoms. The Bertz CT molecular complexity index is 647. The molecule has 0 radical (unpaired) electrons. The van der Waals surface area contributed by atoms with Gasteiger partial charge in [-0.15, -0.1) is 0 Å². The summed E-state index contributed by atoms with van der Waals surface area (Å²) in [6.07, 6.45) is 1.55. The summed E-state index contributed by atoms with van der Waals surface area (Å²) in [7, 11) is 0. The Labute approximate surface area is 120 Å². The molecule has 2 rings (SSSR count). The second kappa shape index (κ2) is 5.85. The molecular weight excluding hydrogens is 282 g/mol. The Hall–Kier alpha value is -2.18. The van der Waals surface area contributed by atoms with E-state index in [1.807, 2.05) is 0 Å². The van der Waals surface area contributed by atoms with Crippen LogP contribution < -0.4 is 10.5 Å². The zero-order valence-electron chi connectivity index (χ0n) is 10.6. The first-order chi connectivity index (χ1) is 9.49. The van der Waals surface area contributed by atoms with Crippen molar-refractivity contribution in [3.8, 4) is 11.6 Å². The number of pyridine rings is 1. The average Bonchev–Trinajstić information content (AvgIpc) is 2.41. The second-order valence-electron chi connectivity index (χ2n) is 4.16. The highest BCUT2D eigenvalue weighted by Gasteiger charge is 2.15. The molecule has 0 aliphatic carbocycles. The van der Waals surface area contributed by atoms with Crippen LogP contribution in [0.2, 0.25) is 5.02 Å². The van der Waals surface area contributed by atoms with E-state index in [9.17, 15) is 10.1 Å². The molecule has 2 N–H and O–H groups in total. The summed E-state index contributed by atoms with van der Waals surface area (Å²) in [4.78, 5) is 14.3. The van der Waals surface area contributed by atoms with Crippen LogP contribution in [0.5, 0.6) is 11.6 Å². The van der Waals surface area contributed by atoms with Gasteiger partial charge in [0.25, 0.3) is 5.69 Å². The summed E-state index contributed by atoms with van der Waals surface area (Å²) in [5.41, 5.74) is 6.40. The average molecular weight is 294 g/mol. The molecule has 1 heterocycles. The van der Waals surface area contributed by atoms with Gasteiger partial charge in [-0.25, -0.2) is 4.98 Å². The predicted octanol–water partition coefficient (Wildman–Crippen LogP) is 3.46. The molecule has 0 amide bonds. The fourth-order valence-electron chi connectivity index (χ4n) is 1.62. The van der Waals surface area contributed by atoms with Gasteiger partial charge in [-0.2, -0.15) is 0 Å². The van der Waals surface area contributed by atoms with Crippen molar-refractivity contribution >= 4 is 17.3 Å². The summed E-state index contributed by atoms with van der Waals surface area (Å²) in [6, 6.07) is 7.20. The summed E-state index contributed by atoms with van der Waals surface area (Å²) >= 11 is 5.98. The lowest BCUT2D eigenvalue weighted by Crippen LogP contribution is -2.07. The molecule has 1 unspecified atom stereocenters. The second-order valence-corrected chi connectivity index (χ2v) is 4.57. The van der Waals surface area contributed by atoms with Gasteiger partial charge < -0.3 is 10.5 Å². The van der Waals surface area contributed by atoms with Gasteiger partial charge in [0, 0.05) is 23.9 Å². The van der Waals surface area contributed by atoms with Crippen molar-refractivity contribution in [2.24, 2.45) is 5.73 Å². The van der Waals surface area contributed by atoms with Crippen LogP contribution in [-0.2, 0) is 0 Å². The van der Waals surface area contributed by atoms with Gasteiger partial charge in [0.15, 0.2) is 5.75 Å². The van der Waals surface area contributed by atoms with Crippen molar-refractivity contribution < 1.29 is 9.66 Å². The highest BCUT2D eigenvalue weighted by atomic mass is 35.5. The van der Waals surface area contributed by atoms with Gasteiger partial charge >= 0.3 is 0 Å². The van der Waals surface area contributed by atoms with Gasteiger partial charge in [-0.3, -0.25) is 10.1 Å². The summed E-state index contributed by atoms with van der Waals surface area (Å²) in [5.74, 6) is 0.450. The fraction of sp³-hybridized carbons (Fsp3) is 0.154. The topological polar surface area (TPSA) is 91.3 Å². The minimum absolute atomic E-state index is 0.109. The number of ether oxygens (including phenoxy) is 1. The molecule has 6 nitrogen and oxygen atoms in total. The monoisotopic (exact) mass is 293 g/mol. The third-order valence-corrected chi connectivity index (χ3v) is 2.94. The zero-order valence-corrected chi connectivity index (χ0v) is 11.4. The van der Waals surface area contributed by atoms with Crippen molar-refractivity contribution in [3.05, 3.63) is 57.2 Å². The normalized spacial score (nSPS) is 11.9. The number of nitrogens with zero attached hydrogens (tertiary/aromatic N) is 2. The molecule has 1 aromatic carbocycles. The quantitative estimate of drug-likeness (QED) is 0.688. The number of hydrogen-bond donors (Lipinski definition) is 1. The molecule has 0 saturated carbocycles. The van der Waals surface area contributed by atoms with Crippen molar-refractivity contribution in [3.63, 3.8) is 0 Å². The molecule has 0 aliphatic heterocycles. The zero-order chi connectivity index (χ0) is 14.7. The van der Waals surface area contributed by atoms with Gasteiger partial charge in [0.2, 0.25) is 5.88 Å². The minimum atomic E-state index is -0.520. The standard InChI is InChI=1S/C13H12ClN3O3/c1-8(15)10-3-2-6-16-13(10)20-12-7-9(17(18)19)4-5-11(12)14/h2-8H,15H2,1H3. The number of hydrogen-bond acceptors (Lipinski definition) is 5. The van der Waals surface area contributed by atoms with Crippen LogP contribution in [0.1, 0.15) is 18.5 Å². The van der Waals surface area contributed by atoms with Crippen LogP contribution in [-0.4, -0.2) is 9.91 Å². The maximum atomic E-state index is 10.8. The smallest absolute Gasteiger partial charge is 0.273 e. The third-order valence-electron chi connectivity index (χ3n) is 2.62. The number of nitro benzene ring substituents is 1. The maximum absolute atomic E-state index is 10.8. The lowest BCUT2D eigenvalue weighted by Gasteiger charge is -2.12. The van der Waals surface area contributed by atoms with E-state index in [-0.39, 0.29) is 28.4 Å². The van der Waals surface area contributed by atoms with Crippen LogP contribution in [0.4, 0.5) is 5.69 Å². The highest BCUT2D eigenvalue weighted by molar-refractivity contribution is 6.32. The van der Waals surface area contributed by atoms with Crippen LogP contribution in [0, 0.1) is 10.1 Å². The maximum Gasteiger partial charge on any atom is 0.273 e. The van der Waals surface area contributed by atoms with Crippen LogP contribution in [0.15, 0.2) is 36.5 Å². The number of aromatic nitrogens is 1. The van der Waals surface area contributed by atoms with Crippen molar-refractivity contribution in [1.29, 1.82) is 0 Å². The summed E-state index contributed by atoms with van der Waals surface area (Å²) in [5, 5.41) is 11.0. The largest absolute Gasteiger partial charge is 0.437 e. The van der Waals surface area contributed by atoms with E-state index in [4.69, 9.17) is 22.1 Å². The molecule has 0 fully saturated rings. The van der Waals surface area contributed by atoms with Gasteiger partial charge in [-0.05, 0) is 19.1 Å². The van der Waals surface area contributed by atoms with Gasteiger partial charge in [-0.1, -0.05) is 17.7 Å². The third kappa shape index (κ3) is 3.04. The van der Waals surface area contributed by atoms with E-state index >= 15 is 0 Å². The number of halogens is 1. The molecular formula is C13H12ClN3O3. The molecule has 7 heteroatoms. The molecule has 0 bridgehead atoms. The van der Waals surface area contributed by atoms with Crippen LogP contribution >= 0.6 is 11.6 Å². The first-order valence-corrected chi connectivity index (χ1v) is 6.19. The molecule has 0 aliphatic rings. The molecule has 2 aromatic rings. The van der Waals surface area contributed by atoms with Crippen molar-refractivity contribution in [2.45, 2.75) is 13.0 Å². The molecule has 0 saturated heterocycles. The van der Waals surface area contributed by atoms with Crippen molar-refractivity contribution in [1.82, 2.24) is 4.98 Å². The summed E-state index contributed by atoms with van der Waals surface area (Å²) < 4.78 is 5.56. The predicted molar refractivity (Wildman–Crippen MR) is 75.0 cm³/mol. The van der Waals surface area contributed by atoms with E-state index < -0.39 is 4.92 Å².